The summed E-state index contributed by atoms with van der Waals surface area (Å²) in [4.78, 5) is 8.74. The minimum absolute atomic E-state index is 0.125. The second-order valence-electron chi connectivity index (χ2n) is 7.05. The normalized spacial score (nSPS) is 11.4. The topological polar surface area (TPSA) is 84.1 Å². The number of hydrogen-bond acceptors (Lipinski definition) is 5. The van der Waals surface area contributed by atoms with Crippen LogP contribution in [0.1, 0.15) is 16.7 Å². The van der Waals surface area contributed by atoms with Gasteiger partial charge in [0.25, 0.3) is 0 Å². The largest absolute Gasteiger partial charge is 0.395 e. The molecule has 0 aliphatic heterocycles. The van der Waals surface area contributed by atoms with Crippen molar-refractivity contribution in [3.63, 3.8) is 0 Å². The van der Waals surface area contributed by atoms with Gasteiger partial charge >= 0.3 is 0 Å². The molecule has 0 bridgehead atoms. The monoisotopic (exact) mass is 390 g/mol. The molecule has 0 saturated carbocycles. The predicted molar refractivity (Wildman–Crippen MR) is 114 cm³/mol. The smallest absolute Gasteiger partial charge is 0.150 e. The molecule has 4 N–H and O–H groups in total. The van der Waals surface area contributed by atoms with Gasteiger partial charge in [-0.05, 0) is 30.0 Å². The lowest BCUT2D eigenvalue weighted by Crippen LogP contribution is -2.17. The summed E-state index contributed by atoms with van der Waals surface area (Å²) in [5.41, 5.74) is 9.93. The van der Waals surface area contributed by atoms with Gasteiger partial charge in [0.1, 0.15) is 11.3 Å². The minimum Gasteiger partial charge on any atom is -0.395 e. The number of aromatic nitrogens is 2. The Morgan fingerprint density at radius 1 is 1.00 bits per heavy atom. The summed E-state index contributed by atoms with van der Waals surface area (Å²) in [5, 5.41) is 13.1. The number of hydrogen-bond donors (Lipinski definition) is 3. The molecule has 29 heavy (non-hydrogen) atoms. The first kappa shape index (κ1) is 19.2. The summed E-state index contributed by atoms with van der Waals surface area (Å²) in [7, 11) is 0. The number of nitrogens with two attached hydrogens (primary N) is 1. The van der Waals surface area contributed by atoms with Crippen LogP contribution in [0.4, 0.5) is 10.2 Å². The fourth-order valence-corrected chi connectivity index (χ4v) is 3.52. The maximum atomic E-state index is 15.4. The number of aliphatic hydroxyl groups is 1. The number of pyridine rings is 2. The summed E-state index contributed by atoms with van der Waals surface area (Å²) in [5.74, 6) is -0.0281. The van der Waals surface area contributed by atoms with Crippen LogP contribution in [0, 0.1) is 5.82 Å². The lowest BCUT2D eigenvalue weighted by molar-refractivity contribution is 0.292. The number of halogens is 1. The van der Waals surface area contributed by atoms with Crippen molar-refractivity contribution in [3.05, 3.63) is 77.2 Å². The SMILES string of the molecule is Nc1nc2ccccc2c2c(F)c(CCc3ccc(CNCCO)cc3)cnc12. The fraction of sp³-hybridized carbons (Fsp3) is 0.217. The van der Waals surface area contributed by atoms with E-state index in [0.29, 0.717) is 47.9 Å². The molecule has 0 amide bonds. The Bertz CT molecular complexity index is 1150. The number of benzene rings is 2. The van der Waals surface area contributed by atoms with E-state index >= 15 is 4.39 Å². The number of rotatable bonds is 7. The third-order valence-corrected chi connectivity index (χ3v) is 5.07. The van der Waals surface area contributed by atoms with Crippen LogP contribution in [-0.2, 0) is 19.4 Å². The van der Waals surface area contributed by atoms with Crippen molar-refractivity contribution in [3.8, 4) is 0 Å². The number of para-hydroxylation sites is 1. The maximum absolute atomic E-state index is 15.4. The average Bonchev–Trinajstić information content (AvgIpc) is 2.74. The molecule has 0 radical (unpaired) electrons. The maximum Gasteiger partial charge on any atom is 0.150 e. The van der Waals surface area contributed by atoms with Crippen LogP contribution in [0.5, 0.6) is 0 Å². The summed E-state index contributed by atoms with van der Waals surface area (Å²) >= 11 is 0. The van der Waals surface area contributed by atoms with Gasteiger partial charge < -0.3 is 16.2 Å². The highest BCUT2D eigenvalue weighted by Gasteiger charge is 2.15. The number of aryl methyl sites for hydroxylation is 2. The third kappa shape index (κ3) is 4.04. The highest BCUT2D eigenvalue weighted by molar-refractivity contribution is 6.08. The molecule has 0 spiro atoms. The Hall–Kier alpha value is -3.09. The second kappa shape index (κ2) is 8.51. The lowest BCUT2D eigenvalue weighted by atomic mass is 10.0. The summed E-state index contributed by atoms with van der Waals surface area (Å²) < 4.78 is 15.4. The van der Waals surface area contributed by atoms with Gasteiger partial charge in [-0.1, -0.05) is 42.5 Å². The second-order valence-corrected chi connectivity index (χ2v) is 7.05. The van der Waals surface area contributed by atoms with E-state index in [2.05, 4.69) is 39.6 Å². The van der Waals surface area contributed by atoms with Crippen LogP contribution in [0.15, 0.2) is 54.7 Å². The molecule has 0 aliphatic rings. The van der Waals surface area contributed by atoms with Crippen LogP contribution in [0.2, 0.25) is 0 Å². The number of nitrogen functional groups attached to an aromatic ring is 1. The minimum atomic E-state index is -0.273. The molecule has 4 rings (SSSR count). The van der Waals surface area contributed by atoms with Crippen molar-refractivity contribution in [1.29, 1.82) is 0 Å². The van der Waals surface area contributed by atoms with Crippen LogP contribution in [-0.4, -0.2) is 28.2 Å². The summed E-state index contributed by atoms with van der Waals surface area (Å²) in [6.07, 6.45) is 2.83. The van der Waals surface area contributed by atoms with E-state index in [1.165, 1.54) is 0 Å². The fourth-order valence-electron chi connectivity index (χ4n) is 3.52. The Kier molecular flexibility index (Phi) is 5.64. The zero-order valence-electron chi connectivity index (χ0n) is 16.0. The number of aliphatic hydroxyl groups excluding tert-OH is 1. The third-order valence-electron chi connectivity index (χ3n) is 5.07. The van der Waals surface area contributed by atoms with Gasteiger partial charge in [-0.25, -0.2) is 9.37 Å². The van der Waals surface area contributed by atoms with E-state index < -0.39 is 0 Å². The average molecular weight is 390 g/mol. The highest BCUT2D eigenvalue weighted by Crippen LogP contribution is 2.30. The van der Waals surface area contributed by atoms with E-state index in [0.717, 1.165) is 16.5 Å². The van der Waals surface area contributed by atoms with Gasteiger partial charge in [0, 0.05) is 35.6 Å². The standard InChI is InChI=1S/C23H23FN4O/c24-21-17(10-9-15-5-7-16(8-6-15)13-26-11-12-29)14-27-22-20(21)18-3-1-2-4-19(18)28-23(22)25/h1-8,14,26,29H,9-13H2,(H2,25,28). The first-order chi connectivity index (χ1) is 14.2. The predicted octanol–water partition coefficient (Wildman–Crippen LogP) is 3.37. The van der Waals surface area contributed by atoms with Gasteiger partial charge in [0.15, 0.2) is 5.82 Å². The van der Waals surface area contributed by atoms with E-state index in [1.807, 2.05) is 24.3 Å². The quantitative estimate of drug-likeness (QED) is 0.333. The van der Waals surface area contributed by atoms with E-state index in [1.54, 1.807) is 6.20 Å². The van der Waals surface area contributed by atoms with Crippen molar-refractivity contribution in [1.82, 2.24) is 15.3 Å². The molecule has 4 aromatic rings. The number of nitrogens with one attached hydrogen (secondary N) is 1. The Balaban J connectivity index is 1.57. The molecule has 6 heteroatoms. The Labute approximate surface area is 168 Å². The van der Waals surface area contributed by atoms with Gasteiger partial charge in [0.05, 0.1) is 12.1 Å². The van der Waals surface area contributed by atoms with E-state index in [4.69, 9.17) is 10.8 Å². The van der Waals surface area contributed by atoms with Crippen molar-refractivity contribution in [2.24, 2.45) is 0 Å². The lowest BCUT2D eigenvalue weighted by Gasteiger charge is -2.10. The first-order valence-corrected chi connectivity index (χ1v) is 9.68. The summed E-state index contributed by atoms with van der Waals surface area (Å²) in [6, 6.07) is 15.6. The number of fused-ring (bicyclic) bond motifs is 3. The molecule has 0 aliphatic carbocycles. The zero-order chi connectivity index (χ0) is 20.2. The van der Waals surface area contributed by atoms with Crippen LogP contribution >= 0.6 is 0 Å². The van der Waals surface area contributed by atoms with Gasteiger partial charge in [-0.15, -0.1) is 0 Å². The molecular weight excluding hydrogens is 367 g/mol. The molecule has 2 aromatic heterocycles. The first-order valence-electron chi connectivity index (χ1n) is 9.68. The molecule has 2 heterocycles. The van der Waals surface area contributed by atoms with Gasteiger partial charge in [-0.2, -0.15) is 0 Å². The molecule has 0 atom stereocenters. The van der Waals surface area contributed by atoms with Crippen molar-refractivity contribution >= 4 is 27.6 Å². The Morgan fingerprint density at radius 3 is 2.55 bits per heavy atom. The molecule has 2 aromatic carbocycles. The van der Waals surface area contributed by atoms with Crippen molar-refractivity contribution < 1.29 is 9.50 Å². The van der Waals surface area contributed by atoms with Crippen LogP contribution in [0.3, 0.4) is 0 Å². The number of nitrogens with zero attached hydrogens (tertiary/aromatic N) is 2. The van der Waals surface area contributed by atoms with E-state index in [-0.39, 0.29) is 18.2 Å². The van der Waals surface area contributed by atoms with Gasteiger partial charge in [0.2, 0.25) is 0 Å². The molecular formula is C23H23FN4O. The zero-order valence-corrected chi connectivity index (χ0v) is 16.0. The summed E-state index contributed by atoms with van der Waals surface area (Å²) in [6.45, 7) is 1.41. The molecule has 0 unspecified atom stereocenters. The molecule has 5 nitrogen and oxygen atoms in total. The van der Waals surface area contributed by atoms with Gasteiger partial charge in [-0.3, -0.25) is 4.98 Å². The van der Waals surface area contributed by atoms with Crippen molar-refractivity contribution in [2.45, 2.75) is 19.4 Å². The highest BCUT2D eigenvalue weighted by atomic mass is 19.1. The molecule has 0 saturated heterocycles. The molecule has 148 valence electrons. The number of anilines is 1. The Morgan fingerprint density at radius 2 is 1.76 bits per heavy atom. The van der Waals surface area contributed by atoms with E-state index in [9.17, 15) is 0 Å². The van der Waals surface area contributed by atoms with Crippen LogP contribution < -0.4 is 11.1 Å². The van der Waals surface area contributed by atoms with Crippen LogP contribution in [0.25, 0.3) is 21.8 Å². The van der Waals surface area contributed by atoms with Crippen molar-refractivity contribution in [2.75, 3.05) is 18.9 Å². The molecule has 0 fully saturated rings.